The van der Waals surface area contributed by atoms with Gasteiger partial charge in [-0.1, -0.05) is 29.3 Å². The number of ether oxygens (including phenoxy) is 1. The lowest BCUT2D eigenvalue weighted by molar-refractivity contribution is -0.118. The molecule has 1 heterocycles. The predicted molar refractivity (Wildman–Crippen MR) is 102 cm³/mol. The first-order valence-electron chi connectivity index (χ1n) is 8.07. The van der Waals surface area contributed by atoms with Gasteiger partial charge in [-0.05, 0) is 44.0 Å². The van der Waals surface area contributed by atoms with E-state index in [1.54, 1.807) is 13.0 Å². The molecular formula is C20H18ClNO4. The maximum absolute atomic E-state index is 12.2. The summed E-state index contributed by atoms with van der Waals surface area (Å²) in [5.74, 6) is -0.0255. The molecule has 0 aliphatic rings. The van der Waals surface area contributed by atoms with Crippen LogP contribution in [0.2, 0.25) is 5.02 Å². The molecule has 2 aromatic carbocycles. The van der Waals surface area contributed by atoms with Gasteiger partial charge in [0.25, 0.3) is 5.91 Å². The molecule has 6 heteroatoms. The summed E-state index contributed by atoms with van der Waals surface area (Å²) >= 11 is 6.22. The third kappa shape index (κ3) is 3.89. The van der Waals surface area contributed by atoms with E-state index in [2.05, 4.69) is 5.32 Å². The standard InChI is InChI=1S/C20H18ClNO4/c1-11-4-5-16(13(3)6-11)22-19(23)10-25-18-9-17-14(8-15(18)21)12(2)7-20(24)26-17/h4-9H,10H2,1-3H3,(H,22,23). The van der Waals surface area contributed by atoms with Crippen LogP contribution in [-0.4, -0.2) is 12.5 Å². The number of carbonyl (C=O) groups excluding carboxylic acids is 1. The van der Waals surface area contributed by atoms with Crippen molar-refractivity contribution in [3.05, 3.63) is 68.5 Å². The van der Waals surface area contributed by atoms with Crippen LogP contribution in [0.4, 0.5) is 5.69 Å². The van der Waals surface area contributed by atoms with Crippen molar-refractivity contribution in [1.82, 2.24) is 0 Å². The number of amides is 1. The molecule has 1 amide bonds. The van der Waals surface area contributed by atoms with Crippen LogP contribution in [0.1, 0.15) is 16.7 Å². The van der Waals surface area contributed by atoms with Crippen LogP contribution in [0.3, 0.4) is 0 Å². The lowest BCUT2D eigenvalue weighted by atomic mass is 10.1. The van der Waals surface area contributed by atoms with Crippen molar-refractivity contribution in [2.45, 2.75) is 20.8 Å². The highest BCUT2D eigenvalue weighted by Crippen LogP contribution is 2.31. The molecule has 0 saturated carbocycles. The Morgan fingerprint density at radius 1 is 1.12 bits per heavy atom. The van der Waals surface area contributed by atoms with Crippen molar-refractivity contribution in [2.24, 2.45) is 0 Å². The summed E-state index contributed by atoms with van der Waals surface area (Å²) in [5.41, 5.74) is 3.50. The van der Waals surface area contributed by atoms with Crippen LogP contribution >= 0.6 is 11.6 Å². The van der Waals surface area contributed by atoms with E-state index in [9.17, 15) is 9.59 Å². The van der Waals surface area contributed by atoms with Crippen LogP contribution in [0.5, 0.6) is 5.75 Å². The Morgan fingerprint density at radius 2 is 1.88 bits per heavy atom. The van der Waals surface area contributed by atoms with Crippen molar-refractivity contribution in [1.29, 1.82) is 0 Å². The third-order valence-corrected chi connectivity index (χ3v) is 4.31. The van der Waals surface area contributed by atoms with Gasteiger partial charge in [0.15, 0.2) is 6.61 Å². The summed E-state index contributed by atoms with van der Waals surface area (Å²) in [6.07, 6.45) is 0. The Balaban J connectivity index is 1.75. The minimum absolute atomic E-state index is 0.214. The second-order valence-corrected chi connectivity index (χ2v) is 6.59. The second kappa shape index (κ2) is 7.22. The fourth-order valence-electron chi connectivity index (χ4n) is 2.71. The summed E-state index contributed by atoms with van der Waals surface area (Å²) in [6.45, 7) is 5.50. The fourth-order valence-corrected chi connectivity index (χ4v) is 2.93. The molecular weight excluding hydrogens is 354 g/mol. The third-order valence-electron chi connectivity index (χ3n) is 4.02. The van der Waals surface area contributed by atoms with E-state index in [1.165, 1.54) is 12.1 Å². The number of carbonyl (C=O) groups is 1. The molecule has 0 aliphatic heterocycles. The van der Waals surface area contributed by atoms with Gasteiger partial charge in [0.2, 0.25) is 0 Å². The quantitative estimate of drug-likeness (QED) is 0.690. The summed E-state index contributed by atoms with van der Waals surface area (Å²) in [6, 6.07) is 10.3. The van der Waals surface area contributed by atoms with E-state index in [4.69, 9.17) is 20.8 Å². The molecule has 0 aliphatic carbocycles. The number of aryl methyl sites for hydroxylation is 3. The van der Waals surface area contributed by atoms with Gasteiger partial charge in [-0.2, -0.15) is 0 Å². The van der Waals surface area contributed by atoms with Crippen LogP contribution in [0.25, 0.3) is 11.0 Å². The van der Waals surface area contributed by atoms with Crippen molar-refractivity contribution in [2.75, 3.05) is 11.9 Å². The van der Waals surface area contributed by atoms with Crippen molar-refractivity contribution < 1.29 is 13.9 Å². The van der Waals surface area contributed by atoms with Gasteiger partial charge in [0.1, 0.15) is 11.3 Å². The minimum Gasteiger partial charge on any atom is -0.482 e. The lowest BCUT2D eigenvalue weighted by Gasteiger charge is -2.11. The molecule has 0 bridgehead atoms. The highest BCUT2D eigenvalue weighted by molar-refractivity contribution is 6.32. The number of hydrogen-bond acceptors (Lipinski definition) is 4. The second-order valence-electron chi connectivity index (χ2n) is 6.18. The Bertz CT molecular complexity index is 1060. The van der Waals surface area contributed by atoms with Gasteiger partial charge in [-0.15, -0.1) is 0 Å². The first-order valence-corrected chi connectivity index (χ1v) is 8.45. The molecule has 0 fully saturated rings. The van der Waals surface area contributed by atoms with Gasteiger partial charge in [0.05, 0.1) is 5.02 Å². The maximum atomic E-state index is 12.2. The number of rotatable bonds is 4. The Labute approximate surface area is 155 Å². The van der Waals surface area contributed by atoms with Crippen molar-refractivity contribution >= 4 is 34.2 Å². The van der Waals surface area contributed by atoms with Crippen LogP contribution in [-0.2, 0) is 4.79 Å². The predicted octanol–water partition coefficient (Wildman–Crippen LogP) is 4.39. The van der Waals surface area contributed by atoms with Gasteiger partial charge >= 0.3 is 5.63 Å². The molecule has 5 nitrogen and oxygen atoms in total. The van der Waals surface area contributed by atoms with Gasteiger partial charge in [0, 0.05) is 23.2 Å². The molecule has 1 N–H and O–H groups in total. The van der Waals surface area contributed by atoms with E-state index in [1.807, 2.05) is 32.0 Å². The largest absolute Gasteiger partial charge is 0.482 e. The van der Waals surface area contributed by atoms with E-state index in [-0.39, 0.29) is 18.3 Å². The first kappa shape index (κ1) is 18.0. The number of fused-ring (bicyclic) bond motifs is 1. The zero-order valence-electron chi connectivity index (χ0n) is 14.7. The molecule has 0 atom stereocenters. The smallest absolute Gasteiger partial charge is 0.336 e. The molecule has 1 aromatic heterocycles. The molecule has 3 rings (SSSR count). The minimum atomic E-state index is -0.448. The number of anilines is 1. The van der Waals surface area contributed by atoms with Crippen molar-refractivity contribution in [3.8, 4) is 5.75 Å². The van der Waals surface area contributed by atoms with Crippen LogP contribution in [0, 0.1) is 20.8 Å². The molecule has 0 radical (unpaired) electrons. The number of nitrogens with one attached hydrogen (secondary N) is 1. The Kier molecular flexibility index (Phi) is 5.00. The zero-order chi connectivity index (χ0) is 18.8. The summed E-state index contributed by atoms with van der Waals surface area (Å²) < 4.78 is 10.7. The SMILES string of the molecule is Cc1ccc(NC(=O)COc2cc3oc(=O)cc(C)c3cc2Cl)c(C)c1. The lowest BCUT2D eigenvalue weighted by Crippen LogP contribution is -2.20. The van der Waals surface area contributed by atoms with Gasteiger partial charge in [-0.3, -0.25) is 4.79 Å². The Morgan fingerprint density at radius 3 is 2.62 bits per heavy atom. The molecule has 3 aromatic rings. The fraction of sp³-hybridized carbons (Fsp3) is 0.200. The van der Waals surface area contributed by atoms with Gasteiger partial charge < -0.3 is 14.5 Å². The number of hydrogen-bond donors (Lipinski definition) is 1. The van der Waals surface area contributed by atoms with E-state index >= 15 is 0 Å². The highest BCUT2D eigenvalue weighted by Gasteiger charge is 2.11. The summed E-state index contributed by atoms with van der Waals surface area (Å²) in [7, 11) is 0. The molecule has 26 heavy (non-hydrogen) atoms. The van der Waals surface area contributed by atoms with E-state index < -0.39 is 5.63 Å². The van der Waals surface area contributed by atoms with Gasteiger partial charge in [-0.25, -0.2) is 4.79 Å². The molecule has 134 valence electrons. The van der Waals surface area contributed by atoms with Crippen LogP contribution in [0.15, 0.2) is 45.6 Å². The number of halogens is 1. The maximum Gasteiger partial charge on any atom is 0.336 e. The molecule has 0 unspecified atom stereocenters. The van der Waals surface area contributed by atoms with E-state index in [0.29, 0.717) is 10.6 Å². The highest BCUT2D eigenvalue weighted by atomic mass is 35.5. The molecule has 0 saturated heterocycles. The van der Waals surface area contributed by atoms with Crippen molar-refractivity contribution in [3.63, 3.8) is 0 Å². The average molecular weight is 372 g/mol. The topological polar surface area (TPSA) is 68.5 Å². The monoisotopic (exact) mass is 371 g/mol. The normalized spacial score (nSPS) is 10.8. The van der Waals surface area contributed by atoms with E-state index in [0.717, 1.165) is 27.8 Å². The number of benzene rings is 2. The first-order chi connectivity index (χ1) is 12.3. The van der Waals surface area contributed by atoms with Crippen LogP contribution < -0.4 is 15.7 Å². The zero-order valence-corrected chi connectivity index (χ0v) is 15.4. The summed E-state index contributed by atoms with van der Waals surface area (Å²) in [4.78, 5) is 23.7. The molecule has 0 spiro atoms. The average Bonchev–Trinajstić information content (AvgIpc) is 2.56. The summed E-state index contributed by atoms with van der Waals surface area (Å²) in [5, 5.41) is 3.87. The Hall–Kier alpha value is -2.79.